The van der Waals surface area contributed by atoms with Gasteiger partial charge in [-0.3, -0.25) is 4.57 Å². The maximum Gasteiger partial charge on any atom is 0.350 e. The number of halogens is 1. The van der Waals surface area contributed by atoms with Crippen LogP contribution in [0.25, 0.3) is 11.0 Å². The highest BCUT2D eigenvalue weighted by atomic mass is 19.1. The fourth-order valence-electron chi connectivity index (χ4n) is 4.44. The number of hydrogen-bond donors (Lipinski definition) is 0. The third-order valence-electron chi connectivity index (χ3n) is 5.68. The first-order chi connectivity index (χ1) is 12.3. The molecule has 0 aromatic carbocycles. The predicted molar refractivity (Wildman–Crippen MR) is 101 cm³/mol. The van der Waals surface area contributed by atoms with Crippen LogP contribution in [0, 0.1) is 12.7 Å². The molecule has 0 N–H and O–H groups in total. The van der Waals surface area contributed by atoms with E-state index in [0.29, 0.717) is 28.2 Å². The second kappa shape index (κ2) is 5.90. The molecule has 1 saturated heterocycles. The minimum atomic E-state index is -0.356. The van der Waals surface area contributed by atoms with E-state index in [4.69, 9.17) is 0 Å². The van der Waals surface area contributed by atoms with Gasteiger partial charge in [0.1, 0.15) is 11.5 Å². The van der Waals surface area contributed by atoms with Gasteiger partial charge in [-0.1, -0.05) is 0 Å². The van der Waals surface area contributed by atoms with Crippen molar-refractivity contribution in [3.63, 3.8) is 0 Å². The summed E-state index contributed by atoms with van der Waals surface area (Å²) in [5.74, 6) is 0.239. The quantitative estimate of drug-likeness (QED) is 0.702. The van der Waals surface area contributed by atoms with Crippen molar-refractivity contribution in [1.29, 1.82) is 0 Å². The van der Waals surface area contributed by atoms with Crippen LogP contribution in [0.5, 0.6) is 0 Å². The first-order valence-corrected chi connectivity index (χ1v) is 9.04. The monoisotopic (exact) mass is 360 g/mol. The summed E-state index contributed by atoms with van der Waals surface area (Å²) in [7, 11) is 5.66. The predicted octanol–water partition coefficient (Wildman–Crippen LogP) is 1.12. The minimum Gasteiger partial charge on any atom is -0.371 e. The van der Waals surface area contributed by atoms with E-state index in [-0.39, 0.29) is 23.6 Å². The van der Waals surface area contributed by atoms with Crippen LogP contribution in [-0.2, 0) is 7.05 Å². The summed E-state index contributed by atoms with van der Waals surface area (Å²) in [6, 6.07) is 0.411. The van der Waals surface area contributed by atoms with Gasteiger partial charge < -0.3 is 14.7 Å². The van der Waals surface area contributed by atoms with Crippen molar-refractivity contribution < 1.29 is 4.39 Å². The molecule has 0 amide bonds. The molecule has 8 heteroatoms. The van der Waals surface area contributed by atoms with Crippen molar-refractivity contribution in [2.45, 2.75) is 32.4 Å². The average Bonchev–Trinajstić information content (AvgIpc) is 2.56. The SMILES string of the molecule is Cc1nc2c3c(nc(=O)n2C)N2C(C)CN(C)CC2CCN(C)c3c1F. The molecule has 7 nitrogen and oxygen atoms in total. The van der Waals surface area contributed by atoms with Gasteiger partial charge in [-0.15, -0.1) is 0 Å². The number of hydrogen-bond acceptors (Lipinski definition) is 6. The van der Waals surface area contributed by atoms with Crippen LogP contribution in [0.2, 0.25) is 0 Å². The number of pyridine rings is 1. The fraction of sp³-hybridized carbons (Fsp3) is 0.611. The van der Waals surface area contributed by atoms with Gasteiger partial charge in [-0.25, -0.2) is 14.2 Å². The lowest BCUT2D eigenvalue weighted by Gasteiger charge is -2.47. The van der Waals surface area contributed by atoms with E-state index in [0.717, 1.165) is 26.1 Å². The molecule has 2 atom stereocenters. The fourth-order valence-corrected chi connectivity index (χ4v) is 4.44. The lowest BCUT2D eigenvalue weighted by Crippen LogP contribution is -2.58. The number of nitrogens with zero attached hydrogens (tertiary/aromatic N) is 6. The Morgan fingerprint density at radius 3 is 2.62 bits per heavy atom. The Bertz CT molecular complexity index is 942. The smallest absolute Gasteiger partial charge is 0.350 e. The summed E-state index contributed by atoms with van der Waals surface area (Å²) in [6.07, 6.45) is 0.879. The highest BCUT2D eigenvalue weighted by molar-refractivity contribution is 5.99. The summed E-state index contributed by atoms with van der Waals surface area (Å²) in [4.78, 5) is 27.8. The van der Waals surface area contributed by atoms with Crippen molar-refractivity contribution in [3.05, 3.63) is 22.0 Å². The second-order valence-corrected chi connectivity index (χ2v) is 7.68. The number of likely N-dealkylation sites (N-methyl/N-ethyl adjacent to an activating group) is 1. The number of fused-ring (bicyclic) bond motifs is 2. The van der Waals surface area contributed by atoms with Gasteiger partial charge in [0.2, 0.25) is 0 Å². The average molecular weight is 360 g/mol. The highest BCUT2D eigenvalue weighted by Gasteiger charge is 2.36. The zero-order chi connectivity index (χ0) is 18.7. The molecule has 1 fully saturated rings. The highest BCUT2D eigenvalue weighted by Crippen LogP contribution is 2.39. The third-order valence-corrected chi connectivity index (χ3v) is 5.68. The Balaban J connectivity index is 2.12. The van der Waals surface area contributed by atoms with Gasteiger partial charge in [-0.2, -0.15) is 4.98 Å². The Morgan fingerprint density at radius 2 is 1.88 bits per heavy atom. The van der Waals surface area contributed by atoms with E-state index in [1.807, 2.05) is 11.9 Å². The molecule has 0 saturated carbocycles. The standard InChI is InChI=1S/C18H25FN6O/c1-10-8-22(3)9-12-6-7-23(4)15-13-16(20-11(2)14(15)19)24(5)18(26)21-17(13)25(10)12/h10,12H,6-9H2,1-5H3. The summed E-state index contributed by atoms with van der Waals surface area (Å²) in [5, 5.41) is 0.638. The van der Waals surface area contributed by atoms with E-state index < -0.39 is 0 Å². The molecule has 140 valence electrons. The molecule has 4 rings (SSSR count). The van der Waals surface area contributed by atoms with Gasteiger partial charge in [-0.05, 0) is 27.3 Å². The molecule has 2 unspecified atom stereocenters. The van der Waals surface area contributed by atoms with Crippen LogP contribution in [-0.4, -0.2) is 65.2 Å². The molecule has 0 spiro atoms. The van der Waals surface area contributed by atoms with Crippen molar-refractivity contribution in [3.8, 4) is 0 Å². The molecule has 2 aromatic rings. The molecule has 4 heterocycles. The number of aromatic nitrogens is 3. The molecule has 2 aromatic heterocycles. The lowest BCUT2D eigenvalue weighted by molar-refractivity contribution is 0.226. The Kier molecular flexibility index (Phi) is 3.91. The van der Waals surface area contributed by atoms with Crippen LogP contribution in [0.3, 0.4) is 0 Å². The van der Waals surface area contributed by atoms with Gasteiger partial charge in [0, 0.05) is 45.8 Å². The van der Waals surface area contributed by atoms with Gasteiger partial charge in [0.25, 0.3) is 0 Å². The van der Waals surface area contributed by atoms with Crippen LogP contribution in [0.1, 0.15) is 19.0 Å². The number of rotatable bonds is 0. The van der Waals surface area contributed by atoms with E-state index in [2.05, 4.69) is 33.7 Å². The van der Waals surface area contributed by atoms with Gasteiger partial charge in [0.15, 0.2) is 5.82 Å². The summed E-state index contributed by atoms with van der Waals surface area (Å²) >= 11 is 0. The topological polar surface area (TPSA) is 57.5 Å². The molecule has 0 radical (unpaired) electrons. The molecular formula is C18H25FN6O. The first kappa shape index (κ1) is 17.2. The zero-order valence-corrected chi connectivity index (χ0v) is 16.0. The number of anilines is 2. The largest absolute Gasteiger partial charge is 0.371 e. The second-order valence-electron chi connectivity index (χ2n) is 7.68. The molecule has 0 aliphatic carbocycles. The molecule has 2 aliphatic rings. The van der Waals surface area contributed by atoms with Gasteiger partial charge in [0.05, 0.1) is 16.8 Å². The van der Waals surface area contributed by atoms with Crippen LogP contribution in [0.15, 0.2) is 4.79 Å². The molecular weight excluding hydrogens is 335 g/mol. The first-order valence-electron chi connectivity index (χ1n) is 9.04. The van der Waals surface area contributed by atoms with Crippen molar-refractivity contribution in [2.24, 2.45) is 7.05 Å². The summed E-state index contributed by atoms with van der Waals surface area (Å²) in [5.41, 5.74) is 0.933. The van der Waals surface area contributed by atoms with E-state index >= 15 is 4.39 Å². The van der Waals surface area contributed by atoms with Crippen molar-refractivity contribution in [1.82, 2.24) is 19.4 Å². The molecule has 26 heavy (non-hydrogen) atoms. The van der Waals surface area contributed by atoms with E-state index in [1.165, 1.54) is 4.57 Å². The molecule has 0 bridgehead atoms. The third kappa shape index (κ3) is 2.39. The number of piperazine rings is 1. The van der Waals surface area contributed by atoms with Crippen LogP contribution >= 0.6 is 0 Å². The normalized spacial score (nSPS) is 23.8. The summed E-state index contributed by atoms with van der Waals surface area (Å²) < 4.78 is 16.5. The zero-order valence-electron chi connectivity index (χ0n) is 16.0. The van der Waals surface area contributed by atoms with E-state index in [9.17, 15) is 4.79 Å². The van der Waals surface area contributed by atoms with Gasteiger partial charge >= 0.3 is 5.69 Å². The van der Waals surface area contributed by atoms with Crippen LogP contribution in [0.4, 0.5) is 15.9 Å². The lowest BCUT2D eigenvalue weighted by atomic mass is 10.0. The van der Waals surface area contributed by atoms with E-state index in [1.54, 1.807) is 14.0 Å². The maximum atomic E-state index is 15.1. The van der Waals surface area contributed by atoms with Crippen molar-refractivity contribution >= 4 is 22.5 Å². The molecule has 2 aliphatic heterocycles. The Hall–Kier alpha value is -2.22. The number of aryl methyl sites for hydroxylation is 2. The Labute approximate surface area is 152 Å². The summed E-state index contributed by atoms with van der Waals surface area (Å²) in [6.45, 7) is 6.29. The van der Waals surface area contributed by atoms with Crippen molar-refractivity contribution in [2.75, 3.05) is 43.5 Å². The minimum absolute atomic E-state index is 0.183. The maximum absolute atomic E-state index is 15.1. The Morgan fingerprint density at radius 1 is 1.15 bits per heavy atom. The van der Waals surface area contributed by atoms with Crippen LogP contribution < -0.4 is 15.5 Å².